The lowest BCUT2D eigenvalue weighted by atomic mass is 10.1. The Labute approximate surface area is 99.4 Å². The summed E-state index contributed by atoms with van der Waals surface area (Å²) in [6.45, 7) is 0. The Hall–Kier alpha value is -1.82. The van der Waals surface area contributed by atoms with Crippen molar-refractivity contribution in [2.45, 2.75) is 0 Å². The maximum absolute atomic E-state index is 11.6. The third kappa shape index (κ3) is 1.91. The van der Waals surface area contributed by atoms with Gasteiger partial charge < -0.3 is 4.74 Å². The lowest BCUT2D eigenvalue weighted by Gasteiger charge is -2.23. The molecule has 0 fully saturated rings. The van der Waals surface area contributed by atoms with Crippen molar-refractivity contribution in [3.8, 4) is 0 Å². The van der Waals surface area contributed by atoms with E-state index in [-0.39, 0.29) is 0 Å². The molecule has 0 amide bonds. The zero-order chi connectivity index (χ0) is 12.6. The average molecular weight is 253 g/mol. The Morgan fingerprint density at radius 1 is 1.35 bits per heavy atom. The zero-order valence-corrected chi connectivity index (χ0v) is 10.2. The highest BCUT2D eigenvalue weighted by Gasteiger charge is 2.23. The second-order valence-corrected chi connectivity index (χ2v) is 5.43. The van der Waals surface area contributed by atoms with Gasteiger partial charge in [0.05, 0.1) is 23.8 Å². The van der Waals surface area contributed by atoms with Crippen LogP contribution in [0.15, 0.2) is 23.6 Å². The SMILES string of the molecule is COC(=O)c1ccc2c(c1)N(C)S(=O)(=O)C=C2. The van der Waals surface area contributed by atoms with Gasteiger partial charge in [-0.25, -0.2) is 13.2 Å². The maximum atomic E-state index is 11.6. The van der Waals surface area contributed by atoms with Crippen LogP contribution in [0.25, 0.3) is 6.08 Å². The van der Waals surface area contributed by atoms with E-state index in [0.29, 0.717) is 11.3 Å². The van der Waals surface area contributed by atoms with Gasteiger partial charge in [0.1, 0.15) is 0 Å². The van der Waals surface area contributed by atoms with Gasteiger partial charge in [-0.1, -0.05) is 6.07 Å². The molecule has 0 aromatic heterocycles. The summed E-state index contributed by atoms with van der Waals surface area (Å²) >= 11 is 0. The van der Waals surface area contributed by atoms with Crippen LogP contribution in [0.1, 0.15) is 15.9 Å². The van der Waals surface area contributed by atoms with Crippen molar-refractivity contribution < 1.29 is 17.9 Å². The molecule has 0 aliphatic carbocycles. The lowest BCUT2D eigenvalue weighted by molar-refractivity contribution is 0.0601. The van der Waals surface area contributed by atoms with Crippen LogP contribution in [-0.4, -0.2) is 28.5 Å². The highest BCUT2D eigenvalue weighted by Crippen LogP contribution is 2.29. The van der Waals surface area contributed by atoms with Crippen LogP contribution in [-0.2, 0) is 14.8 Å². The molecular formula is C11H11NO4S. The third-order valence-electron chi connectivity index (χ3n) is 2.59. The molecule has 0 N–H and O–H groups in total. The van der Waals surface area contributed by atoms with Crippen LogP contribution < -0.4 is 4.31 Å². The summed E-state index contributed by atoms with van der Waals surface area (Å²) < 4.78 is 29.0. The third-order valence-corrected chi connectivity index (χ3v) is 4.03. The molecule has 1 aromatic carbocycles. The molecule has 1 heterocycles. The largest absolute Gasteiger partial charge is 0.465 e. The smallest absolute Gasteiger partial charge is 0.337 e. The number of methoxy groups -OCH3 is 1. The summed E-state index contributed by atoms with van der Waals surface area (Å²) in [7, 11) is -0.700. The van der Waals surface area contributed by atoms with Crippen LogP contribution >= 0.6 is 0 Å². The van der Waals surface area contributed by atoms with Gasteiger partial charge in [-0.3, -0.25) is 4.31 Å². The Bertz CT molecular complexity index is 604. The molecule has 0 spiro atoms. The van der Waals surface area contributed by atoms with E-state index in [9.17, 15) is 13.2 Å². The Morgan fingerprint density at radius 2 is 2.06 bits per heavy atom. The second kappa shape index (κ2) is 3.89. The van der Waals surface area contributed by atoms with Crippen LogP contribution in [0.2, 0.25) is 0 Å². The first-order valence-corrected chi connectivity index (χ1v) is 6.35. The summed E-state index contributed by atoms with van der Waals surface area (Å²) in [6.07, 6.45) is 1.51. The van der Waals surface area contributed by atoms with E-state index in [2.05, 4.69) is 4.74 Å². The molecule has 1 aliphatic heterocycles. The van der Waals surface area contributed by atoms with Gasteiger partial charge in [0.25, 0.3) is 10.0 Å². The number of esters is 1. The van der Waals surface area contributed by atoms with E-state index in [0.717, 1.165) is 15.3 Å². The summed E-state index contributed by atoms with van der Waals surface area (Å²) in [4.78, 5) is 11.4. The van der Waals surface area contributed by atoms with E-state index in [1.807, 2.05) is 0 Å². The van der Waals surface area contributed by atoms with Gasteiger partial charge in [-0.15, -0.1) is 0 Å². The van der Waals surface area contributed by atoms with Crippen LogP contribution in [0.4, 0.5) is 5.69 Å². The van der Waals surface area contributed by atoms with Crippen molar-refractivity contribution in [3.05, 3.63) is 34.7 Å². The van der Waals surface area contributed by atoms with Crippen molar-refractivity contribution in [1.29, 1.82) is 0 Å². The number of sulfonamides is 1. The van der Waals surface area contributed by atoms with Crippen molar-refractivity contribution in [2.24, 2.45) is 0 Å². The molecule has 0 atom stereocenters. The van der Waals surface area contributed by atoms with Crippen molar-refractivity contribution in [1.82, 2.24) is 0 Å². The molecule has 0 saturated heterocycles. The summed E-state index contributed by atoms with van der Waals surface area (Å²) in [5, 5.41) is 1.13. The summed E-state index contributed by atoms with van der Waals surface area (Å²) in [5.74, 6) is -0.492. The molecule has 90 valence electrons. The highest BCUT2D eigenvalue weighted by atomic mass is 32.2. The molecule has 1 aromatic rings. The first-order valence-electron chi connectivity index (χ1n) is 4.85. The number of nitrogens with zero attached hydrogens (tertiary/aromatic N) is 1. The van der Waals surface area contributed by atoms with E-state index < -0.39 is 16.0 Å². The normalized spacial score (nSPS) is 16.5. The first kappa shape index (κ1) is 11.7. The Morgan fingerprint density at radius 3 is 2.71 bits per heavy atom. The lowest BCUT2D eigenvalue weighted by Crippen LogP contribution is -2.27. The van der Waals surface area contributed by atoms with Crippen LogP contribution in [0, 0.1) is 0 Å². The number of carbonyl (C=O) groups is 1. The monoisotopic (exact) mass is 253 g/mol. The number of rotatable bonds is 1. The zero-order valence-electron chi connectivity index (χ0n) is 9.38. The van der Waals surface area contributed by atoms with E-state index in [1.165, 1.54) is 26.3 Å². The molecule has 0 radical (unpaired) electrons. The predicted octanol–water partition coefficient (Wildman–Crippen LogP) is 1.22. The fraction of sp³-hybridized carbons (Fsp3) is 0.182. The second-order valence-electron chi connectivity index (χ2n) is 3.58. The number of hydrogen-bond donors (Lipinski definition) is 0. The quantitative estimate of drug-likeness (QED) is 0.706. The number of ether oxygens (including phenoxy) is 1. The molecule has 0 unspecified atom stereocenters. The highest BCUT2D eigenvalue weighted by molar-refractivity contribution is 7.95. The standard InChI is InChI=1S/C11H11NO4S/c1-12-10-7-9(11(13)16-2)4-3-8(10)5-6-17(12,14)15/h3-7H,1-2H3. The fourth-order valence-electron chi connectivity index (χ4n) is 1.59. The average Bonchev–Trinajstić information content (AvgIpc) is 2.33. The van der Waals surface area contributed by atoms with Gasteiger partial charge in [0.15, 0.2) is 0 Å². The molecule has 6 heteroatoms. The molecule has 5 nitrogen and oxygen atoms in total. The number of carbonyl (C=O) groups excluding carboxylic acids is 1. The van der Waals surface area contributed by atoms with Gasteiger partial charge in [-0.2, -0.15) is 0 Å². The van der Waals surface area contributed by atoms with E-state index in [1.54, 1.807) is 12.1 Å². The van der Waals surface area contributed by atoms with Crippen LogP contribution in [0.3, 0.4) is 0 Å². The number of fused-ring (bicyclic) bond motifs is 1. The minimum atomic E-state index is -3.42. The van der Waals surface area contributed by atoms with E-state index in [4.69, 9.17) is 0 Å². The summed E-state index contributed by atoms with van der Waals surface area (Å²) in [5.41, 5.74) is 1.54. The number of hydrogen-bond acceptors (Lipinski definition) is 4. The van der Waals surface area contributed by atoms with Crippen LogP contribution in [0.5, 0.6) is 0 Å². The van der Waals surface area contributed by atoms with E-state index >= 15 is 0 Å². The number of anilines is 1. The Balaban J connectivity index is 2.57. The molecule has 1 aliphatic rings. The number of benzene rings is 1. The topological polar surface area (TPSA) is 63.7 Å². The minimum Gasteiger partial charge on any atom is -0.465 e. The minimum absolute atomic E-state index is 0.323. The first-order chi connectivity index (χ1) is 7.95. The van der Waals surface area contributed by atoms with Gasteiger partial charge in [0.2, 0.25) is 0 Å². The van der Waals surface area contributed by atoms with Crippen molar-refractivity contribution >= 4 is 27.8 Å². The van der Waals surface area contributed by atoms with Gasteiger partial charge >= 0.3 is 5.97 Å². The predicted molar refractivity (Wildman–Crippen MR) is 64.1 cm³/mol. The molecule has 2 rings (SSSR count). The molecule has 17 heavy (non-hydrogen) atoms. The Kier molecular flexibility index (Phi) is 2.66. The fourth-order valence-corrected chi connectivity index (χ4v) is 2.52. The summed E-state index contributed by atoms with van der Waals surface area (Å²) in [6, 6.07) is 4.78. The van der Waals surface area contributed by atoms with Gasteiger partial charge in [0, 0.05) is 7.05 Å². The maximum Gasteiger partial charge on any atom is 0.337 e. The molecule has 0 bridgehead atoms. The molecule has 0 saturated carbocycles. The van der Waals surface area contributed by atoms with Crippen molar-refractivity contribution in [2.75, 3.05) is 18.5 Å². The van der Waals surface area contributed by atoms with Crippen molar-refractivity contribution in [3.63, 3.8) is 0 Å². The molecular weight excluding hydrogens is 242 g/mol. The van der Waals surface area contributed by atoms with Gasteiger partial charge in [-0.05, 0) is 23.8 Å².